The molecule has 33 heavy (non-hydrogen) atoms. The standard InChI is InChI=1S/C23H26N2O7S/c1-15(26)16-4-7-19(8-5-16)33(29,30)25-12-10-17(11-13-25)22(27)24-21-9-6-18(31-2)14-20(21)23(28)32-3/h4-9,14,17H,10-13H2,1-3H3,(H,24,27). The number of Topliss-reactive ketones (excluding diaryl/α,β-unsaturated/α-hetero) is 1. The summed E-state index contributed by atoms with van der Waals surface area (Å²) >= 11 is 0. The highest BCUT2D eigenvalue weighted by Crippen LogP contribution is 2.27. The average molecular weight is 475 g/mol. The Morgan fingerprint density at radius 3 is 2.18 bits per heavy atom. The van der Waals surface area contributed by atoms with Crippen LogP contribution in [-0.2, 0) is 19.6 Å². The molecule has 9 nitrogen and oxygen atoms in total. The molecule has 0 saturated carbocycles. The fraction of sp³-hybridized carbons (Fsp3) is 0.348. The molecule has 1 aliphatic rings. The number of piperidine rings is 1. The summed E-state index contributed by atoms with van der Waals surface area (Å²) in [5.41, 5.74) is 0.904. The van der Waals surface area contributed by atoms with Gasteiger partial charge in [-0.3, -0.25) is 9.59 Å². The number of anilines is 1. The summed E-state index contributed by atoms with van der Waals surface area (Å²) < 4.78 is 37.1. The second-order valence-corrected chi connectivity index (χ2v) is 9.59. The molecule has 0 radical (unpaired) electrons. The van der Waals surface area contributed by atoms with Gasteiger partial charge in [-0.25, -0.2) is 13.2 Å². The van der Waals surface area contributed by atoms with Gasteiger partial charge in [0, 0.05) is 24.6 Å². The van der Waals surface area contributed by atoms with Crippen LogP contribution in [0.5, 0.6) is 5.75 Å². The Balaban J connectivity index is 1.67. The van der Waals surface area contributed by atoms with Crippen LogP contribution in [0.15, 0.2) is 47.4 Å². The Hall–Kier alpha value is -3.24. The average Bonchev–Trinajstić information content (AvgIpc) is 2.83. The molecule has 2 aromatic rings. The fourth-order valence-electron chi connectivity index (χ4n) is 3.64. The first-order chi connectivity index (χ1) is 15.7. The summed E-state index contributed by atoms with van der Waals surface area (Å²) in [5.74, 6) is -1.01. The highest BCUT2D eigenvalue weighted by atomic mass is 32.2. The molecule has 0 bridgehead atoms. The molecule has 0 unspecified atom stereocenters. The molecule has 1 N–H and O–H groups in total. The monoisotopic (exact) mass is 474 g/mol. The van der Waals surface area contributed by atoms with Gasteiger partial charge >= 0.3 is 5.97 Å². The third-order valence-electron chi connectivity index (χ3n) is 5.61. The zero-order valence-electron chi connectivity index (χ0n) is 18.7. The molecular weight excluding hydrogens is 448 g/mol. The van der Waals surface area contributed by atoms with E-state index >= 15 is 0 Å². The molecule has 1 heterocycles. The molecule has 1 fully saturated rings. The second kappa shape index (κ2) is 10.1. The van der Waals surface area contributed by atoms with Crippen molar-refractivity contribution in [3.63, 3.8) is 0 Å². The molecular formula is C23H26N2O7S. The third-order valence-corrected chi connectivity index (χ3v) is 7.53. The van der Waals surface area contributed by atoms with E-state index in [1.54, 1.807) is 12.1 Å². The molecule has 0 spiro atoms. The minimum Gasteiger partial charge on any atom is -0.497 e. The van der Waals surface area contributed by atoms with E-state index in [1.807, 2.05) is 0 Å². The predicted molar refractivity (Wildman–Crippen MR) is 121 cm³/mol. The molecule has 176 valence electrons. The Kier molecular flexibility index (Phi) is 7.50. The van der Waals surface area contributed by atoms with Gasteiger partial charge in [-0.2, -0.15) is 4.31 Å². The maximum Gasteiger partial charge on any atom is 0.340 e. The Labute approximate surface area is 192 Å². The molecule has 0 atom stereocenters. The van der Waals surface area contributed by atoms with Crippen LogP contribution in [0.3, 0.4) is 0 Å². The molecule has 0 aliphatic carbocycles. The molecule has 1 saturated heterocycles. The number of benzene rings is 2. The zero-order valence-corrected chi connectivity index (χ0v) is 19.5. The topological polar surface area (TPSA) is 119 Å². The number of hydrogen-bond acceptors (Lipinski definition) is 7. The lowest BCUT2D eigenvalue weighted by molar-refractivity contribution is -0.120. The number of ether oxygens (including phenoxy) is 2. The van der Waals surface area contributed by atoms with E-state index in [2.05, 4.69) is 5.32 Å². The summed E-state index contributed by atoms with van der Waals surface area (Å²) in [7, 11) is -1.01. The summed E-state index contributed by atoms with van der Waals surface area (Å²) in [6.07, 6.45) is 0.667. The number of sulfonamides is 1. The van der Waals surface area contributed by atoms with Crippen molar-refractivity contribution in [1.82, 2.24) is 4.31 Å². The van der Waals surface area contributed by atoms with Crippen LogP contribution in [0.25, 0.3) is 0 Å². The number of ketones is 1. The number of esters is 1. The molecule has 1 aliphatic heterocycles. The highest BCUT2D eigenvalue weighted by molar-refractivity contribution is 7.89. The maximum absolute atomic E-state index is 12.9. The predicted octanol–water partition coefficient (Wildman–Crippen LogP) is 2.72. The number of rotatable bonds is 7. The van der Waals surface area contributed by atoms with Crippen LogP contribution in [0.1, 0.15) is 40.5 Å². The number of carbonyl (C=O) groups excluding carboxylic acids is 3. The van der Waals surface area contributed by atoms with E-state index in [9.17, 15) is 22.8 Å². The largest absolute Gasteiger partial charge is 0.497 e. The smallest absolute Gasteiger partial charge is 0.340 e. The summed E-state index contributed by atoms with van der Waals surface area (Å²) in [6, 6.07) is 10.5. The Morgan fingerprint density at radius 2 is 1.64 bits per heavy atom. The minimum absolute atomic E-state index is 0.108. The molecule has 0 aromatic heterocycles. The van der Waals surface area contributed by atoms with Crippen LogP contribution in [0.4, 0.5) is 5.69 Å². The van der Waals surface area contributed by atoms with Gasteiger partial charge in [0.2, 0.25) is 15.9 Å². The van der Waals surface area contributed by atoms with Crippen LogP contribution in [-0.4, -0.2) is 57.7 Å². The zero-order chi connectivity index (χ0) is 24.2. The molecule has 10 heteroatoms. The first kappa shape index (κ1) is 24.4. The van der Waals surface area contributed by atoms with Gasteiger partial charge in [0.05, 0.1) is 30.4 Å². The van der Waals surface area contributed by atoms with E-state index in [-0.39, 0.29) is 35.2 Å². The summed E-state index contributed by atoms with van der Waals surface area (Å²) in [6.45, 7) is 1.78. The maximum atomic E-state index is 12.9. The second-order valence-electron chi connectivity index (χ2n) is 7.65. The summed E-state index contributed by atoms with van der Waals surface area (Å²) in [4.78, 5) is 36.4. The van der Waals surface area contributed by atoms with Crippen molar-refractivity contribution >= 4 is 33.4 Å². The van der Waals surface area contributed by atoms with Crippen LogP contribution < -0.4 is 10.1 Å². The van der Waals surface area contributed by atoms with Crippen LogP contribution in [0.2, 0.25) is 0 Å². The van der Waals surface area contributed by atoms with Crippen LogP contribution in [0, 0.1) is 5.92 Å². The van der Waals surface area contributed by atoms with Gasteiger partial charge in [-0.15, -0.1) is 0 Å². The fourth-order valence-corrected chi connectivity index (χ4v) is 5.11. The van der Waals surface area contributed by atoms with Gasteiger partial charge < -0.3 is 14.8 Å². The van der Waals surface area contributed by atoms with Crippen molar-refractivity contribution in [3.8, 4) is 5.75 Å². The number of amides is 1. The first-order valence-electron chi connectivity index (χ1n) is 10.4. The van der Waals surface area contributed by atoms with Crippen molar-refractivity contribution < 1.29 is 32.3 Å². The van der Waals surface area contributed by atoms with Crippen molar-refractivity contribution in [2.75, 3.05) is 32.6 Å². The van der Waals surface area contributed by atoms with E-state index in [1.165, 1.54) is 55.8 Å². The van der Waals surface area contributed by atoms with Gasteiger partial charge in [-0.1, -0.05) is 12.1 Å². The van der Waals surface area contributed by atoms with Gasteiger partial charge in [0.15, 0.2) is 5.78 Å². The number of methoxy groups -OCH3 is 2. The van der Waals surface area contributed by atoms with E-state index < -0.39 is 21.9 Å². The molecule has 1 amide bonds. The SMILES string of the molecule is COC(=O)c1cc(OC)ccc1NC(=O)C1CCN(S(=O)(=O)c2ccc(C(C)=O)cc2)CC1. The van der Waals surface area contributed by atoms with E-state index in [4.69, 9.17) is 9.47 Å². The molecule has 3 rings (SSSR count). The van der Waals surface area contributed by atoms with E-state index in [0.29, 0.717) is 29.8 Å². The van der Waals surface area contributed by atoms with Gasteiger partial charge in [-0.05, 0) is 50.1 Å². The number of carbonyl (C=O) groups is 3. The van der Waals surface area contributed by atoms with Gasteiger partial charge in [0.25, 0.3) is 0 Å². The van der Waals surface area contributed by atoms with Crippen LogP contribution >= 0.6 is 0 Å². The lowest BCUT2D eigenvalue weighted by Crippen LogP contribution is -2.41. The van der Waals surface area contributed by atoms with E-state index in [0.717, 1.165) is 0 Å². The number of nitrogens with zero attached hydrogens (tertiary/aromatic N) is 1. The van der Waals surface area contributed by atoms with Crippen molar-refractivity contribution in [2.24, 2.45) is 5.92 Å². The first-order valence-corrected chi connectivity index (χ1v) is 11.8. The molecule has 2 aromatic carbocycles. The third kappa shape index (κ3) is 5.40. The number of nitrogens with one attached hydrogen (secondary N) is 1. The lowest BCUT2D eigenvalue weighted by atomic mass is 9.97. The normalized spacial score (nSPS) is 15.0. The van der Waals surface area contributed by atoms with Crippen molar-refractivity contribution in [3.05, 3.63) is 53.6 Å². The minimum atomic E-state index is -3.73. The summed E-state index contributed by atoms with van der Waals surface area (Å²) in [5, 5.41) is 2.75. The Bertz CT molecular complexity index is 1150. The lowest BCUT2D eigenvalue weighted by Gasteiger charge is -2.30. The highest BCUT2D eigenvalue weighted by Gasteiger charge is 2.32. The van der Waals surface area contributed by atoms with Crippen molar-refractivity contribution in [2.45, 2.75) is 24.7 Å². The van der Waals surface area contributed by atoms with Gasteiger partial charge in [0.1, 0.15) is 5.75 Å². The Morgan fingerprint density at radius 1 is 1.00 bits per heavy atom. The van der Waals surface area contributed by atoms with Crippen molar-refractivity contribution in [1.29, 1.82) is 0 Å². The quantitative estimate of drug-likeness (QED) is 0.484. The number of hydrogen-bond donors (Lipinski definition) is 1.